The highest BCUT2D eigenvalue weighted by Crippen LogP contribution is 2.21. The van der Waals surface area contributed by atoms with Crippen molar-refractivity contribution in [3.63, 3.8) is 0 Å². The highest BCUT2D eigenvalue weighted by atomic mass is 19.1. The third-order valence-corrected chi connectivity index (χ3v) is 2.54. The molecule has 0 radical (unpaired) electrons. The van der Waals surface area contributed by atoms with Crippen LogP contribution < -0.4 is 10.1 Å². The molecule has 0 saturated heterocycles. The van der Waals surface area contributed by atoms with Gasteiger partial charge in [-0.2, -0.15) is 5.26 Å². The minimum absolute atomic E-state index is 0.189. The number of carbonyl (C=O) groups is 1. The fourth-order valence-corrected chi connectivity index (χ4v) is 1.58. The van der Waals surface area contributed by atoms with E-state index in [-0.39, 0.29) is 24.7 Å². The summed E-state index contributed by atoms with van der Waals surface area (Å²) in [6.45, 7) is 0.209. The first kappa shape index (κ1) is 14.5. The highest BCUT2D eigenvalue weighted by molar-refractivity contribution is 5.77. The Morgan fingerprint density at radius 2 is 2.05 bits per heavy atom. The molecule has 0 saturated carbocycles. The second-order valence-electron chi connectivity index (χ2n) is 4.15. The van der Waals surface area contributed by atoms with Crippen LogP contribution in [0.25, 0.3) is 0 Å². The standard InChI is InChI=1S/C15H12FN3O2/c16-11-1-3-13(4-2-11)21-14-6-8-18-12(9-14)10-19-15(20)5-7-17/h1-4,6,8-9H,5,10H2,(H,19,20). The van der Waals surface area contributed by atoms with Gasteiger partial charge in [0, 0.05) is 12.3 Å². The number of aromatic nitrogens is 1. The molecule has 0 spiro atoms. The van der Waals surface area contributed by atoms with Crippen LogP contribution >= 0.6 is 0 Å². The van der Waals surface area contributed by atoms with Gasteiger partial charge in [-0.1, -0.05) is 0 Å². The fourth-order valence-electron chi connectivity index (χ4n) is 1.58. The van der Waals surface area contributed by atoms with Crippen molar-refractivity contribution >= 4 is 5.91 Å². The lowest BCUT2D eigenvalue weighted by atomic mass is 10.3. The number of nitrogens with one attached hydrogen (secondary N) is 1. The van der Waals surface area contributed by atoms with E-state index in [1.807, 2.05) is 0 Å². The highest BCUT2D eigenvalue weighted by Gasteiger charge is 2.03. The third kappa shape index (κ3) is 4.58. The lowest BCUT2D eigenvalue weighted by Crippen LogP contribution is -2.22. The molecule has 1 N–H and O–H groups in total. The van der Waals surface area contributed by atoms with Gasteiger partial charge in [0.05, 0.1) is 18.3 Å². The molecule has 1 amide bonds. The molecule has 0 atom stereocenters. The number of pyridine rings is 1. The van der Waals surface area contributed by atoms with Crippen LogP contribution in [0.3, 0.4) is 0 Å². The minimum Gasteiger partial charge on any atom is -0.457 e. The zero-order chi connectivity index (χ0) is 15.1. The molecule has 5 nitrogen and oxygen atoms in total. The molecular formula is C15H12FN3O2. The topological polar surface area (TPSA) is 75.0 Å². The number of halogens is 1. The first-order valence-electron chi connectivity index (χ1n) is 6.19. The first-order chi connectivity index (χ1) is 10.2. The molecule has 6 heteroatoms. The van der Waals surface area contributed by atoms with Crippen molar-refractivity contribution in [3.8, 4) is 17.6 Å². The second kappa shape index (κ2) is 7.01. The number of ether oxygens (including phenoxy) is 1. The van der Waals surface area contributed by atoms with Crippen LogP contribution in [0.1, 0.15) is 12.1 Å². The Bertz CT molecular complexity index is 665. The van der Waals surface area contributed by atoms with Crippen LogP contribution in [0.5, 0.6) is 11.5 Å². The third-order valence-electron chi connectivity index (χ3n) is 2.54. The molecule has 106 valence electrons. The van der Waals surface area contributed by atoms with Gasteiger partial charge in [0.25, 0.3) is 0 Å². The molecule has 0 aliphatic heterocycles. The SMILES string of the molecule is N#CCC(=O)NCc1cc(Oc2ccc(F)cc2)ccn1. The molecule has 21 heavy (non-hydrogen) atoms. The number of benzene rings is 1. The van der Waals surface area contributed by atoms with Gasteiger partial charge >= 0.3 is 0 Å². The lowest BCUT2D eigenvalue weighted by Gasteiger charge is -2.07. The second-order valence-corrected chi connectivity index (χ2v) is 4.15. The van der Waals surface area contributed by atoms with Gasteiger partial charge in [0.2, 0.25) is 5.91 Å². The summed E-state index contributed by atoms with van der Waals surface area (Å²) >= 11 is 0. The van der Waals surface area contributed by atoms with E-state index in [1.54, 1.807) is 24.4 Å². The van der Waals surface area contributed by atoms with Crippen LogP contribution in [0.15, 0.2) is 42.6 Å². The van der Waals surface area contributed by atoms with Crippen molar-refractivity contribution in [3.05, 3.63) is 54.1 Å². The average molecular weight is 285 g/mol. The van der Waals surface area contributed by atoms with Crippen LogP contribution in [-0.4, -0.2) is 10.9 Å². The fraction of sp³-hybridized carbons (Fsp3) is 0.133. The number of rotatable bonds is 5. The molecule has 2 rings (SSSR count). The maximum absolute atomic E-state index is 12.8. The Labute approximate surface area is 121 Å². The molecule has 0 aliphatic rings. The van der Waals surface area contributed by atoms with E-state index in [0.29, 0.717) is 17.2 Å². The van der Waals surface area contributed by atoms with Gasteiger partial charge in [-0.3, -0.25) is 9.78 Å². The quantitative estimate of drug-likeness (QED) is 0.916. The zero-order valence-corrected chi connectivity index (χ0v) is 11.0. The molecule has 2 aromatic rings. The summed E-state index contributed by atoms with van der Waals surface area (Å²) in [5, 5.41) is 11.0. The molecular weight excluding hydrogens is 273 g/mol. The Kier molecular flexibility index (Phi) is 4.83. The van der Waals surface area contributed by atoms with Crippen LogP contribution in [0, 0.1) is 17.1 Å². The van der Waals surface area contributed by atoms with Gasteiger partial charge in [-0.25, -0.2) is 4.39 Å². The van der Waals surface area contributed by atoms with Gasteiger partial charge in [0.1, 0.15) is 23.7 Å². The van der Waals surface area contributed by atoms with Crippen molar-refractivity contribution in [2.75, 3.05) is 0 Å². The maximum Gasteiger partial charge on any atom is 0.234 e. The molecule has 0 unspecified atom stereocenters. The summed E-state index contributed by atoms with van der Waals surface area (Å²) in [6.07, 6.45) is 1.36. The zero-order valence-electron chi connectivity index (χ0n) is 11.0. The summed E-state index contributed by atoms with van der Waals surface area (Å²) in [5.41, 5.74) is 0.598. The predicted octanol–water partition coefficient (Wildman–Crippen LogP) is 2.54. The molecule has 1 aromatic heterocycles. The van der Waals surface area contributed by atoms with Crippen LogP contribution in [0.4, 0.5) is 4.39 Å². The smallest absolute Gasteiger partial charge is 0.234 e. The van der Waals surface area contributed by atoms with Crippen molar-refractivity contribution in [2.45, 2.75) is 13.0 Å². The summed E-state index contributed by atoms with van der Waals surface area (Å²) in [6, 6.07) is 10.7. The molecule has 1 aromatic carbocycles. The number of hydrogen-bond donors (Lipinski definition) is 1. The molecule has 0 fully saturated rings. The van der Waals surface area contributed by atoms with Crippen molar-refractivity contribution in [1.82, 2.24) is 10.3 Å². The Hall–Kier alpha value is -2.94. The van der Waals surface area contributed by atoms with Crippen molar-refractivity contribution in [2.24, 2.45) is 0 Å². The maximum atomic E-state index is 12.8. The Balaban J connectivity index is 1.99. The van der Waals surface area contributed by atoms with Gasteiger partial charge in [-0.15, -0.1) is 0 Å². The van der Waals surface area contributed by atoms with Gasteiger partial charge < -0.3 is 10.1 Å². The lowest BCUT2D eigenvalue weighted by molar-refractivity contribution is -0.120. The van der Waals surface area contributed by atoms with Gasteiger partial charge in [0.15, 0.2) is 0 Å². The van der Waals surface area contributed by atoms with Crippen molar-refractivity contribution < 1.29 is 13.9 Å². The van der Waals surface area contributed by atoms with Crippen LogP contribution in [0.2, 0.25) is 0 Å². The van der Waals surface area contributed by atoms with Gasteiger partial charge in [-0.05, 0) is 30.3 Å². The van der Waals surface area contributed by atoms with E-state index >= 15 is 0 Å². The number of nitrogens with zero attached hydrogens (tertiary/aromatic N) is 2. The minimum atomic E-state index is -0.357. The van der Waals surface area contributed by atoms with E-state index < -0.39 is 0 Å². The number of amides is 1. The largest absolute Gasteiger partial charge is 0.457 e. The number of nitriles is 1. The van der Waals surface area contributed by atoms with E-state index in [0.717, 1.165) is 0 Å². The average Bonchev–Trinajstić information content (AvgIpc) is 2.48. The van der Waals surface area contributed by atoms with E-state index in [4.69, 9.17) is 10.00 Å². The van der Waals surface area contributed by atoms with E-state index in [9.17, 15) is 9.18 Å². The van der Waals surface area contributed by atoms with Crippen molar-refractivity contribution in [1.29, 1.82) is 5.26 Å². The normalized spacial score (nSPS) is 9.71. The molecule has 0 bridgehead atoms. The summed E-state index contributed by atoms with van der Waals surface area (Å²) in [5.74, 6) is 0.338. The predicted molar refractivity (Wildman–Crippen MR) is 72.8 cm³/mol. The number of carbonyl (C=O) groups excluding carboxylic acids is 1. The van der Waals surface area contributed by atoms with E-state index in [2.05, 4.69) is 10.3 Å². The molecule has 0 aliphatic carbocycles. The summed E-state index contributed by atoms with van der Waals surface area (Å²) in [7, 11) is 0. The first-order valence-corrected chi connectivity index (χ1v) is 6.19. The Morgan fingerprint density at radius 1 is 1.29 bits per heavy atom. The number of hydrogen-bond acceptors (Lipinski definition) is 4. The summed E-state index contributed by atoms with van der Waals surface area (Å²) in [4.78, 5) is 15.3. The van der Waals surface area contributed by atoms with E-state index in [1.165, 1.54) is 24.3 Å². The molecule has 1 heterocycles. The Morgan fingerprint density at radius 3 is 2.76 bits per heavy atom. The van der Waals surface area contributed by atoms with Crippen LogP contribution in [-0.2, 0) is 11.3 Å². The monoisotopic (exact) mass is 285 g/mol. The summed E-state index contributed by atoms with van der Waals surface area (Å²) < 4.78 is 18.4.